The number of hydrogen-bond donors (Lipinski definition) is 1. The zero-order valence-corrected chi connectivity index (χ0v) is 13.9. The molecule has 0 radical (unpaired) electrons. The van der Waals surface area contributed by atoms with E-state index in [-0.39, 0.29) is 0 Å². The molecular formula is C17H35N3. The van der Waals surface area contributed by atoms with Crippen molar-refractivity contribution in [3.05, 3.63) is 0 Å². The molecule has 2 aliphatic heterocycles. The maximum Gasteiger partial charge on any atom is 0.00793 e. The molecule has 0 saturated carbocycles. The normalized spacial score (nSPS) is 28.6. The van der Waals surface area contributed by atoms with E-state index < -0.39 is 0 Å². The third kappa shape index (κ3) is 5.01. The molecule has 118 valence electrons. The van der Waals surface area contributed by atoms with Gasteiger partial charge < -0.3 is 15.1 Å². The van der Waals surface area contributed by atoms with Crippen LogP contribution in [0.4, 0.5) is 0 Å². The molecule has 0 aromatic rings. The van der Waals surface area contributed by atoms with Crippen molar-refractivity contribution in [1.29, 1.82) is 0 Å². The Kier molecular flexibility index (Phi) is 6.79. The molecule has 0 spiro atoms. The maximum atomic E-state index is 3.82. The Bertz CT molecular complexity index is 263. The van der Waals surface area contributed by atoms with E-state index in [1.807, 2.05) is 0 Å². The topological polar surface area (TPSA) is 18.5 Å². The van der Waals surface area contributed by atoms with Gasteiger partial charge in [-0.05, 0) is 77.2 Å². The fourth-order valence-electron chi connectivity index (χ4n) is 3.81. The van der Waals surface area contributed by atoms with Crippen LogP contribution in [-0.2, 0) is 0 Å². The van der Waals surface area contributed by atoms with Gasteiger partial charge in [0.2, 0.25) is 0 Å². The predicted molar refractivity (Wildman–Crippen MR) is 87.1 cm³/mol. The first-order chi connectivity index (χ1) is 9.69. The molecule has 2 aliphatic rings. The summed E-state index contributed by atoms with van der Waals surface area (Å²) in [6.45, 7) is 16.0. The SMILES string of the molecule is CCN1CCCC(C(C)NCC(C)CN2CCCC2)C1. The van der Waals surface area contributed by atoms with Crippen molar-refractivity contribution in [3.8, 4) is 0 Å². The Morgan fingerprint density at radius 3 is 2.45 bits per heavy atom. The minimum atomic E-state index is 0.672. The van der Waals surface area contributed by atoms with Crippen molar-refractivity contribution in [2.45, 2.75) is 52.5 Å². The van der Waals surface area contributed by atoms with E-state index >= 15 is 0 Å². The lowest BCUT2D eigenvalue weighted by Crippen LogP contribution is -2.46. The monoisotopic (exact) mass is 281 g/mol. The molecule has 3 unspecified atom stereocenters. The van der Waals surface area contributed by atoms with Gasteiger partial charge >= 0.3 is 0 Å². The summed E-state index contributed by atoms with van der Waals surface area (Å²) in [7, 11) is 0. The van der Waals surface area contributed by atoms with E-state index in [4.69, 9.17) is 0 Å². The van der Waals surface area contributed by atoms with E-state index in [1.165, 1.54) is 71.5 Å². The number of hydrogen-bond acceptors (Lipinski definition) is 3. The first-order valence-electron chi connectivity index (χ1n) is 8.87. The second-order valence-electron chi connectivity index (χ2n) is 7.11. The summed E-state index contributed by atoms with van der Waals surface area (Å²) in [4.78, 5) is 5.25. The lowest BCUT2D eigenvalue weighted by Gasteiger charge is -2.36. The molecule has 3 nitrogen and oxygen atoms in total. The second-order valence-corrected chi connectivity index (χ2v) is 7.11. The summed E-state index contributed by atoms with van der Waals surface area (Å²) in [5, 5.41) is 3.82. The van der Waals surface area contributed by atoms with E-state index in [9.17, 15) is 0 Å². The van der Waals surface area contributed by atoms with E-state index in [0.29, 0.717) is 6.04 Å². The molecule has 2 saturated heterocycles. The molecule has 0 aromatic heterocycles. The summed E-state index contributed by atoms with van der Waals surface area (Å²) < 4.78 is 0. The average Bonchev–Trinajstić information content (AvgIpc) is 2.97. The minimum Gasteiger partial charge on any atom is -0.314 e. The van der Waals surface area contributed by atoms with Crippen molar-refractivity contribution in [2.75, 3.05) is 45.8 Å². The van der Waals surface area contributed by atoms with Crippen molar-refractivity contribution >= 4 is 0 Å². The first kappa shape index (κ1) is 16.3. The molecule has 2 fully saturated rings. The molecule has 20 heavy (non-hydrogen) atoms. The highest BCUT2D eigenvalue weighted by atomic mass is 15.1. The third-order valence-corrected chi connectivity index (χ3v) is 5.25. The number of rotatable bonds is 7. The number of nitrogens with one attached hydrogen (secondary N) is 1. The predicted octanol–water partition coefficient (Wildman–Crippen LogP) is 2.43. The van der Waals surface area contributed by atoms with Gasteiger partial charge in [0.15, 0.2) is 0 Å². The molecule has 2 heterocycles. The molecule has 3 heteroatoms. The van der Waals surface area contributed by atoms with Gasteiger partial charge in [-0.1, -0.05) is 13.8 Å². The highest BCUT2D eigenvalue weighted by Gasteiger charge is 2.24. The van der Waals surface area contributed by atoms with Crippen LogP contribution in [0.25, 0.3) is 0 Å². The fourth-order valence-corrected chi connectivity index (χ4v) is 3.81. The Hall–Kier alpha value is -0.120. The third-order valence-electron chi connectivity index (χ3n) is 5.25. The van der Waals surface area contributed by atoms with Crippen LogP contribution in [-0.4, -0.2) is 61.7 Å². The zero-order valence-electron chi connectivity index (χ0n) is 13.9. The molecular weight excluding hydrogens is 246 g/mol. The van der Waals surface area contributed by atoms with Crippen LogP contribution in [0.5, 0.6) is 0 Å². The summed E-state index contributed by atoms with van der Waals surface area (Å²) in [5.41, 5.74) is 0. The summed E-state index contributed by atoms with van der Waals surface area (Å²) in [6, 6.07) is 0.672. The maximum absolute atomic E-state index is 3.82. The van der Waals surface area contributed by atoms with Crippen molar-refractivity contribution in [1.82, 2.24) is 15.1 Å². The number of likely N-dealkylation sites (tertiary alicyclic amines) is 2. The molecule has 2 rings (SSSR count). The van der Waals surface area contributed by atoms with Crippen LogP contribution in [0.2, 0.25) is 0 Å². The van der Waals surface area contributed by atoms with Crippen LogP contribution in [0.1, 0.15) is 46.5 Å². The average molecular weight is 281 g/mol. The fraction of sp³-hybridized carbons (Fsp3) is 1.00. The van der Waals surface area contributed by atoms with Crippen LogP contribution in [0.15, 0.2) is 0 Å². The van der Waals surface area contributed by atoms with E-state index in [0.717, 1.165) is 11.8 Å². The van der Waals surface area contributed by atoms with Crippen LogP contribution in [0.3, 0.4) is 0 Å². The second kappa shape index (κ2) is 8.35. The van der Waals surface area contributed by atoms with Gasteiger partial charge in [-0.3, -0.25) is 0 Å². The van der Waals surface area contributed by atoms with Crippen molar-refractivity contribution in [3.63, 3.8) is 0 Å². The summed E-state index contributed by atoms with van der Waals surface area (Å²) in [6.07, 6.45) is 5.61. The molecule has 0 aromatic carbocycles. The standard InChI is InChI=1S/C17H35N3/c1-4-19-11-7-8-17(14-19)16(3)18-12-15(2)13-20-9-5-6-10-20/h15-18H,4-14H2,1-3H3. The largest absolute Gasteiger partial charge is 0.314 e. The summed E-state index contributed by atoms with van der Waals surface area (Å²) >= 11 is 0. The lowest BCUT2D eigenvalue weighted by atomic mass is 9.91. The van der Waals surface area contributed by atoms with Crippen LogP contribution >= 0.6 is 0 Å². The Morgan fingerprint density at radius 1 is 1.05 bits per heavy atom. The lowest BCUT2D eigenvalue weighted by molar-refractivity contribution is 0.154. The Labute approximate surface area is 126 Å². The van der Waals surface area contributed by atoms with Gasteiger partial charge in [-0.2, -0.15) is 0 Å². The van der Waals surface area contributed by atoms with Gasteiger partial charge in [-0.25, -0.2) is 0 Å². The number of nitrogens with zero attached hydrogens (tertiary/aromatic N) is 2. The molecule has 0 aliphatic carbocycles. The van der Waals surface area contributed by atoms with Gasteiger partial charge in [-0.15, -0.1) is 0 Å². The van der Waals surface area contributed by atoms with Gasteiger partial charge in [0.05, 0.1) is 0 Å². The molecule has 3 atom stereocenters. The van der Waals surface area contributed by atoms with E-state index in [2.05, 4.69) is 35.9 Å². The quantitative estimate of drug-likeness (QED) is 0.773. The van der Waals surface area contributed by atoms with Gasteiger partial charge in [0.1, 0.15) is 0 Å². The van der Waals surface area contributed by atoms with Crippen molar-refractivity contribution in [2.24, 2.45) is 11.8 Å². The van der Waals surface area contributed by atoms with Crippen LogP contribution in [0, 0.1) is 11.8 Å². The molecule has 0 bridgehead atoms. The highest BCUT2D eigenvalue weighted by Crippen LogP contribution is 2.19. The highest BCUT2D eigenvalue weighted by molar-refractivity contribution is 4.81. The Balaban J connectivity index is 1.64. The number of piperidine rings is 1. The first-order valence-corrected chi connectivity index (χ1v) is 8.87. The molecule has 0 amide bonds. The van der Waals surface area contributed by atoms with E-state index in [1.54, 1.807) is 0 Å². The molecule has 1 N–H and O–H groups in total. The minimum absolute atomic E-state index is 0.672. The smallest absolute Gasteiger partial charge is 0.00793 e. The van der Waals surface area contributed by atoms with Gasteiger partial charge in [0, 0.05) is 19.1 Å². The van der Waals surface area contributed by atoms with Crippen molar-refractivity contribution < 1.29 is 0 Å². The zero-order chi connectivity index (χ0) is 14.4. The van der Waals surface area contributed by atoms with Crippen LogP contribution < -0.4 is 5.32 Å². The summed E-state index contributed by atoms with van der Waals surface area (Å²) in [5.74, 6) is 1.63. The van der Waals surface area contributed by atoms with Gasteiger partial charge in [0.25, 0.3) is 0 Å². The Morgan fingerprint density at radius 2 is 1.75 bits per heavy atom.